The van der Waals surface area contributed by atoms with E-state index < -0.39 is 18.2 Å². The molecule has 2 saturated heterocycles. The van der Waals surface area contributed by atoms with Crippen molar-refractivity contribution < 1.29 is 19.1 Å². The predicted molar refractivity (Wildman–Crippen MR) is 118 cm³/mol. The Morgan fingerprint density at radius 2 is 1.91 bits per heavy atom. The van der Waals surface area contributed by atoms with E-state index in [-0.39, 0.29) is 18.4 Å². The van der Waals surface area contributed by atoms with Gasteiger partial charge in [0.2, 0.25) is 0 Å². The van der Waals surface area contributed by atoms with Crippen molar-refractivity contribution in [3.05, 3.63) is 33.8 Å². The second kappa shape index (κ2) is 9.13. The van der Waals surface area contributed by atoms with Crippen molar-refractivity contribution in [3.8, 4) is 0 Å². The van der Waals surface area contributed by atoms with Crippen molar-refractivity contribution in [3.63, 3.8) is 0 Å². The molecule has 0 saturated carbocycles. The van der Waals surface area contributed by atoms with Crippen LogP contribution in [0.3, 0.4) is 0 Å². The Kier molecular flexibility index (Phi) is 6.45. The number of halogens is 2. The van der Waals surface area contributed by atoms with Crippen LogP contribution >= 0.6 is 23.2 Å². The van der Waals surface area contributed by atoms with E-state index in [0.29, 0.717) is 48.7 Å². The fourth-order valence-corrected chi connectivity index (χ4v) is 4.45. The lowest BCUT2D eigenvalue weighted by Crippen LogP contribution is -2.64. The summed E-state index contributed by atoms with van der Waals surface area (Å²) in [6, 6.07) is 4.20. The number of likely N-dealkylation sites (N-methyl/N-ethyl adjacent to an activating group) is 1. The average molecular weight is 483 g/mol. The van der Waals surface area contributed by atoms with Crippen LogP contribution in [0.5, 0.6) is 0 Å². The first-order chi connectivity index (χ1) is 15.3. The van der Waals surface area contributed by atoms with Crippen LogP contribution in [0.4, 0.5) is 4.79 Å². The van der Waals surface area contributed by atoms with Gasteiger partial charge in [0.05, 0.1) is 23.7 Å². The normalized spacial score (nSPS) is 23.8. The highest BCUT2D eigenvalue weighted by molar-refractivity contribution is 6.42. The molecular weight excluding hydrogens is 459 g/mol. The molecule has 2 atom stereocenters. The van der Waals surface area contributed by atoms with E-state index in [0.717, 1.165) is 5.56 Å². The van der Waals surface area contributed by atoms with E-state index >= 15 is 0 Å². The van der Waals surface area contributed by atoms with Crippen molar-refractivity contribution in [1.29, 1.82) is 0 Å². The van der Waals surface area contributed by atoms with Crippen molar-refractivity contribution >= 4 is 47.1 Å². The van der Waals surface area contributed by atoms with Gasteiger partial charge in [0.1, 0.15) is 0 Å². The smallest absolute Gasteiger partial charge is 0.325 e. The highest BCUT2D eigenvalue weighted by Gasteiger charge is 2.49. The molecule has 1 aromatic rings. The van der Waals surface area contributed by atoms with Crippen molar-refractivity contribution in [2.75, 3.05) is 46.9 Å². The SMILES string of the molecule is COC(=O)CN1CCN(C2=NC3C(C(=O)NC(=O)N3C)N2Cc2ccc(Cl)c(Cl)c2)CC1. The topological polar surface area (TPSA) is 97.8 Å². The van der Waals surface area contributed by atoms with Gasteiger partial charge in [-0.2, -0.15) is 0 Å². The first kappa shape index (κ1) is 22.6. The maximum atomic E-state index is 12.8. The first-order valence-corrected chi connectivity index (χ1v) is 10.9. The van der Waals surface area contributed by atoms with Gasteiger partial charge in [0, 0.05) is 39.8 Å². The maximum absolute atomic E-state index is 12.8. The molecule has 0 aliphatic carbocycles. The minimum atomic E-state index is -0.657. The molecule has 2 unspecified atom stereocenters. The van der Waals surface area contributed by atoms with Crippen LogP contribution in [0.1, 0.15) is 5.56 Å². The quantitative estimate of drug-likeness (QED) is 0.634. The summed E-state index contributed by atoms with van der Waals surface area (Å²) in [6.07, 6.45) is -0.623. The van der Waals surface area contributed by atoms with Gasteiger partial charge in [0.15, 0.2) is 18.2 Å². The van der Waals surface area contributed by atoms with Gasteiger partial charge in [-0.3, -0.25) is 19.8 Å². The Bertz CT molecular complexity index is 965. The molecule has 0 spiro atoms. The summed E-state index contributed by atoms with van der Waals surface area (Å²) < 4.78 is 4.75. The average Bonchev–Trinajstić information content (AvgIpc) is 3.15. The molecule has 0 aromatic heterocycles. The van der Waals surface area contributed by atoms with Crippen LogP contribution < -0.4 is 5.32 Å². The molecule has 3 aliphatic heterocycles. The van der Waals surface area contributed by atoms with Gasteiger partial charge in [-0.25, -0.2) is 9.79 Å². The van der Waals surface area contributed by atoms with Gasteiger partial charge in [-0.15, -0.1) is 0 Å². The van der Waals surface area contributed by atoms with E-state index in [2.05, 4.69) is 10.2 Å². The number of nitrogens with zero attached hydrogens (tertiary/aromatic N) is 5. The number of nitrogens with one attached hydrogen (secondary N) is 1. The van der Waals surface area contributed by atoms with E-state index in [1.807, 2.05) is 15.9 Å². The minimum absolute atomic E-state index is 0.231. The van der Waals surface area contributed by atoms with Gasteiger partial charge < -0.3 is 19.4 Å². The molecule has 3 aliphatic rings. The number of ether oxygens (including phenoxy) is 1. The van der Waals surface area contributed by atoms with E-state index in [4.69, 9.17) is 32.9 Å². The molecule has 1 aromatic carbocycles. The summed E-state index contributed by atoms with van der Waals surface area (Å²) in [5, 5.41) is 3.28. The monoisotopic (exact) mass is 482 g/mol. The Morgan fingerprint density at radius 3 is 2.56 bits per heavy atom. The first-order valence-electron chi connectivity index (χ1n) is 10.2. The molecule has 2 fully saturated rings. The van der Waals surface area contributed by atoms with Crippen LogP contribution in [0, 0.1) is 0 Å². The molecule has 3 amide bonds. The van der Waals surface area contributed by atoms with Gasteiger partial charge in [0.25, 0.3) is 5.91 Å². The summed E-state index contributed by atoms with van der Waals surface area (Å²) >= 11 is 12.2. The molecule has 0 bridgehead atoms. The van der Waals surface area contributed by atoms with Crippen LogP contribution in [0.25, 0.3) is 0 Å². The number of urea groups is 1. The van der Waals surface area contributed by atoms with Crippen LogP contribution in [-0.4, -0.2) is 103 Å². The van der Waals surface area contributed by atoms with E-state index in [9.17, 15) is 14.4 Å². The highest BCUT2D eigenvalue weighted by atomic mass is 35.5. The fraction of sp³-hybridized carbons (Fsp3) is 0.500. The number of carbonyl (C=O) groups is 3. The number of guanidine groups is 1. The van der Waals surface area contributed by atoms with E-state index in [1.54, 1.807) is 19.2 Å². The third-order valence-corrected chi connectivity index (χ3v) is 6.65. The Labute approximate surface area is 195 Å². The Hall–Kier alpha value is -2.56. The Balaban J connectivity index is 1.58. The fourth-order valence-electron chi connectivity index (χ4n) is 4.13. The third kappa shape index (κ3) is 4.35. The highest BCUT2D eigenvalue weighted by Crippen LogP contribution is 2.29. The zero-order valence-electron chi connectivity index (χ0n) is 17.8. The maximum Gasteiger partial charge on any atom is 0.325 e. The van der Waals surface area contributed by atoms with Crippen molar-refractivity contribution in [2.45, 2.75) is 18.8 Å². The number of fused-ring (bicyclic) bond motifs is 1. The zero-order chi connectivity index (χ0) is 23.0. The Morgan fingerprint density at radius 1 is 1.19 bits per heavy atom. The second-order valence-corrected chi connectivity index (χ2v) is 8.72. The second-order valence-electron chi connectivity index (χ2n) is 7.91. The third-order valence-electron chi connectivity index (χ3n) is 5.91. The summed E-state index contributed by atoms with van der Waals surface area (Å²) in [7, 11) is 2.99. The van der Waals surface area contributed by atoms with Crippen molar-refractivity contribution in [1.82, 2.24) is 24.9 Å². The number of imide groups is 1. The number of esters is 1. The molecule has 3 heterocycles. The summed E-state index contributed by atoms with van der Waals surface area (Å²) in [5.41, 5.74) is 0.865. The lowest BCUT2D eigenvalue weighted by Gasteiger charge is -2.40. The number of methoxy groups -OCH3 is 1. The number of hydrogen-bond acceptors (Lipinski definition) is 8. The molecule has 32 heavy (non-hydrogen) atoms. The van der Waals surface area contributed by atoms with Gasteiger partial charge in [-0.05, 0) is 17.7 Å². The number of aliphatic imine (C=N–C) groups is 1. The number of carbonyl (C=O) groups excluding carboxylic acids is 3. The largest absolute Gasteiger partial charge is 0.468 e. The number of hydrogen-bond donors (Lipinski definition) is 1. The number of piperazine rings is 1. The summed E-state index contributed by atoms with van der Waals surface area (Å²) in [6.45, 7) is 3.12. The lowest BCUT2D eigenvalue weighted by atomic mass is 10.1. The van der Waals surface area contributed by atoms with Crippen LogP contribution in [0.15, 0.2) is 23.2 Å². The lowest BCUT2D eigenvalue weighted by molar-refractivity contribution is -0.142. The summed E-state index contributed by atoms with van der Waals surface area (Å²) in [4.78, 5) is 48.7. The molecule has 172 valence electrons. The van der Waals surface area contributed by atoms with Crippen LogP contribution in [-0.2, 0) is 20.9 Å². The molecular formula is C20H24Cl2N6O4. The van der Waals surface area contributed by atoms with E-state index in [1.165, 1.54) is 12.0 Å². The van der Waals surface area contributed by atoms with Crippen LogP contribution in [0.2, 0.25) is 10.0 Å². The van der Waals surface area contributed by atoms with Gasteiger partial charge in [-0.1, -0.05) is 29.3 Å². The zero-order valence-corrected chi connectivity index (χ0v) is 19.3. The van der Waals surface area contributed by atoms with Crippen molar-refractivity contribution in [2.24, 2.45) is 4.99 Å². The summed E-state index contributed by atoms with van der Waals surface area (Å²) in [5.74, 6) is -0.0255. The number of amides is 3. The molecule has 4 rings (SSSR count). The number of benzene rings is 1. The molecule has 10 nitrogen and oxygen atoms in total. The molecule has 1 N–H and O–H groups in total. The van der Waals surface area contributed by atoms with Gasteiger partial charge >= 0.3 is 12.0 Å². The predicted octanol–water partition coefficient (Wildman–Crippen LogP) is 0.832. The molecule has 0 radical (unpaired) electrons. The standard InChI is InChI=1S/C20H24Cl2N6O4/c1-25-17-16(18(30)24-20(25)31)28(10-12-3-4-13(21)14(22)9-12)19(23-17)27-7-5-26(6-8-27)11-15(29)32-2/h3-4,9,16-17H,5-8,10-11H2,1-2H3,(H,24,30,31). The number of rotatable bonds is 4. The minimum Gasteiger partial charge on any atom is -0.468 e. The molecule has 12 heteroatoms.